The average molecular weight is 538 g/mol. The maximum Gasteiger partial charge on any atom is 0.164 e. The highest BCUT2D eigenvalue weighted by Gasteiger charge is 2.27. The van der Waals surface area contributed by atoms with Crippen LogP contribution in [0.1, 0.15) is 62.1 Å². The van der Waals surface area contributed by atoms with Crippen LogP contribution in [0.3, 0.4) is 0 Å². The summed E-state index contributed by atoms with van der Waals surface area (Å²) in [4.78, 5) is 8.01. The van der Waals surface area contributed by atoms with Crippen molar-refractivity contribution in [3.8, 4) is 17.2 Å². The van der Waals surface area contributed by atoms with Crippen LogP contribution in [0.2, 0.25) is 0 Å². The predicted molar refractivity (Wildman–Crippen MR) is 160 cm³/mol. The second kappa shape index (κ2) is 15.5. The van der Waals surface area contributed by atoms with Gasteiger partial charge in [0, 0.05) is 44.3 Å². The molecule has 1 aliphatic carbocycles. The minimum absolute atomic E-state index is 0.643. The van der Waals surface area contributed by atoms with Crippen molar-refractivity contribution < 1.29 is 14.2 Å². The van der Waals surface area contributed by atoms with Crippen LogP contribution in [0.25, 0.3) is 0 Å². The number of hydrogen-bond acceptors (Lipinski definition) is 6. The van der Waals surface area contributed by atoms with E-state index in [0.29, 0.717) is 6.04 Å². The van der Waals surface area contributed by atoms with Gasteiger partial charge in [0.2, 0.25) is 0 Å². The van der Waals surface area contributed by atoms with Gasteiger partial charge in [0.05, 0.1) is 21.3 Å². The van der Waals surface area contributed by atoms with E-state index >= 15 is 0 Å². The lowest BCUT2D eigenvalue weighted by atomic mass is 9.86. The summed E-state index contributed by atoms with van der Waals surface area (Å²) >= 11 is 0. The molecule has 2 aromatic carbocycles. The van der Waals surface area contributed by atoms with E-state index in [4.69, 9.17) is 14.2 Å². The summed E-state index contributed by atoms with van der Waals surface area (Å²) in [5, 5.41) is 0. The number of piperazine rings is 1. The van der Waals surface area contributed by atoms with Gasteiger partial charge in [0.1, 0.15) is 5.75 Å². The number of fused-ring (bicyclic) bond motifs is 1. The first-order valence-electron chi connectivity index (χ1n) is 15.2. The van der Waals surface area contributed by atoms with Gasteiger partial charge in [0.15, 0.2) is 11.5 Å². The van der Waals surface area contributed by atoms with E-state index in [9.17, 15) is 0 Å². The van der Waals surface area contributed by atoms with Gasteiger partial charge in [-0.2, -0.15) is 0 Å². The van der Waals surface area contributed by atoms with Gasteiger partial charge in [0.25, 0.3) is 0 Å². The summed E-state index contributed by atoms with van der Waals surface area (Å²) in [5.74, 6) is 2.73. The molecule has 1 unspecified atom stereocenters. The Kier molecular flexibility index (Phi) is 11.8. The second-order valence-electron chi connectivity index (χ2n) is 11.3. The van der Waals surface area contributed by atoms with E-state index < -0.39 is 0 Å². The van der Waals surface area contributed by atoms with E-state index in [2.05, 4.69) is 58.0 Å². The Labute approximate surface area is 237 Å². The van der Waals surface area contributed by atoms with Crippen molar-refractivity contribution in [2.75, 3.05) is 67.1 Å². The van der Waals surface area contributed by atoms with Gasteiger partial charge in [-0.05, 0) is 87.5 Å². The number of rotatable bonds is 15. The maximum absolute atomic E-state index is 5.71. The molecule has 1 aliphatic heterocycles. The minimum Gasteiger partial charge on any atom is -0.497 e. The smallest absolute Gasteiger partial charge is 0.164 e. The fraction of sp³-hybridized carbons (Fsp3) is 0.636. The zero-order valence-electron chi connectivity index (χ0n) is 24.9. The van der Waals surface area contributed by atoms with E-state index in [1.807, 2.05) is 0 Å². The van der Waals surface area contributed by atoms with Gasteiger partial charge < -0.3 is 24.0 Å². The molecule has 6 nitrogen and oxygen atoms in total. The fourth-order valence-electron chi connectivity index (χ4n) is 6.40. The van der Waals surface area contributed by atoms with Crippen LogP contribution in [0.15, 0.2) is 36.4 Å². The molecule has 0 bridgehead atoms. The van der Waals surface area contributed by atoms with Crippen molar-refractivity contribution in [2.24, 2.45) is 0 Å². The largest absolute Gasteiger partial charge is 0.497 e. The van der Waals surface area contributed by atoms with Gasteiger partial charge >= 0.3 is 0 Å². The van der Waals surface area contributed by atoms with Crippen molar-refractivity contribution in [3.63, 3.8) is 0 Å². The Balaban J connectivity index is 1.12. The lowest BCUT2D eigenvalue weighted by Gasteiger charge is -2.36. The quantitative estimate of drug-likeness (QED) is 0.273. The molecule has 6 heteroatoms. The molecular formula is C33H51N3O3. The van der Waals surface area contributed by atoms with Crippen molar-refractivity contribution in [2.45, 2.75) is 70.9 Å². The first-order chi connectivity index (χ1) is 19.1. The Hall–Kier alpha value is -2.28. The molecule has 1 saturated heterocycles. The summed E-state index contributed by atoms with van der Waals surface area (Å²) in [6.45, 7) is 11.8. The van der Waals surface area contributed by atoms with E-state index in [1.165, 1.54) is 101 Å². The summed E-state index contributed by atoms with van der Waals surface area (Å²) in [5.41, 5.74) is 4.17. The van der Waals surface area contributed by atoms with E-state index in [1.54, 1.807) is 21.3 Å². The third-order valence-corrected chi connectivity index (χ3v) is 8.66. The van der Waals surface area contributed by atoms with Gasteiger partial charge in [-0.3, -0.25) is 4.90 Å². The van der Waals surface area contributed by atoms with Crippen LogP contribution in [0.5, 0.6) is 17.2 Å². The number of benzene rings is 2. The lowest BCUT2D eigenvalue weighted by Crippen LogP contribution is -2.46. The van der Waals surface area contributed by atoms with E-state index in [-0.39, 0.29) is 0 Å². The van der Waals surface area contributed by atoms with E-state index in [0.717, 1.165) is 36.6 Å². The monoisotopic (exact) mass is 537 g/mol. The van der Waals surface area contributed by atoms with Crippen molar-refractivity contribution in [3.05, 3.63) is 53.1 Å². The Bertz CT molecular complexity index is 988. The lowest BCUT2D eigenvalue weighted by molar-refractivity contribution is 0.125. The Morgan fingerprint density at radius 3 is 2.23 bits per heavy atom. The molecule has 4 rings (SSSR count). The standard InChI is InChI=1S/C33H51N3O3/c1-5-18-36(29-13-16-31-28(25-29)12-17-32(38-3)33(31)39-4)20-9-7-6-8-19-34-21-23-35(24-22-34)26-27-10-14-30(37-2)15-11-27/h10-12,14-15,17,29H,5-9,13,16,18-26H2,1-4H3. The molecule has 2 aromatic rings. The highest BCUT2D eigenvalue weighted by atomic mass is 16.5. The zero-order chi connectivity index (χ0) is 27.5. The molecule has 0 amide bonds. The molecular weight excluding hydrogens is 486 g/mol. The summed E-state index contributed by atoms with van der Waals surface area (Å²) < 4.78 is 16.5. The topological polar surface area (TPSA) is 37.4 Å². The second-order valence-corrected chi connectivity index (χ2v) is 11.3. The van der Waals surface area contributed by atoms with Gasteiger partial charge in [-0.15, -0.1) is 0 Å². The van der Waals surface area contributed by atoms with Crippen LogP contribution < -0.4 is 14.2 Å². The summed E-state index contributed by atoms with van der Waals surface area (Å²) in [7, 11) is 5.21. The molecule has 1 fully saturated rings. The number of hydrogen-bond donors (Lipinski definition) is 0. The molecule has 0 aromatic heterocycles. The summed E-state index contributed by atoms with van der Waals surface area (Å²) in [6.07, 6.45) is 9.95. The van der Waals surface area contributed by atoms with Gasteiger partial charge in [-0.25, -0.2) is 0 Å². The van der Waals surface area contributed by atoms with Gasteiger partial charge in [-0.1, -0.05) is 38.0 Å². The van der Waals surface area contributed by atoms with Crippen LogP contribution in [0, 0.1) is 0 Å². The molecule has 0 spiro atoms. The third-order valence-electron chi connectivity index (χ3n) is 8.66. The average Bonchev–Trinajstić information content (AvgIpc) is 2.98. The molecule has 1 atom stereocenters. The summed E-state index contributed by atoms with van der Waals surface area (Å²) in [6, 6.07) is 13.5. The Morgan fingerprint density at radius 1 is 0.795 bits per heavy atom. The molecule has 39 heavy (non-hydrogen) atoms. The third kappa shape index (κ3) is 8.36. The first-order valence-corrected chi connectivity index (χ1v) is 15.2. The van der Waals surface area contributed by atoms with Crippen molar-refractivity contribution >= 4 is 0 Å². The highest BCUT2D eigenvalue weighted by Crippen LogP contribution is 2.38. The number of nitrogens with zero attached hydrogens (tertiary/aromatic N) is 3. The van der Waals surface area contributed by atoms with Crippen LogP contribution in [0.4, 0.5) is 0 Å². The first kappa shape index (κ1) is 29.7. The SMILES string of the molecule is CCCN(CCCCCCN1CCN(Cc2ccc(OC)cc2)CC1)C1CCc2c(ccc(OC)c2OC)C1. The molecule has 0 saturated carbocycles. The fourth-order valence-corrected chi connectivity index (χ4v) is 6.40. The molecule has 216 valence electrons. The zero-order valence-corrected chi connectivity index (χ0v) is 24.9. The highest BCUT2D eigenvalue weighted by molar-refractivity contribution is 5.52. The van der Waals surface area contributed by atoms with Crippen LogP contribution in [-0.4, -0.2) is 87.9 Å². The molecule has 1 heterocycles. The molecule has 0 radical (unpaired) electrons. The Morgan fingerprint density at radius 2 is 1.54 bits per heavy atom. The van der Waals surface area contributed by atoms with Crippen molar-refractivity contribution in [1.29, 1.82) is 0 Å². The van der Waals surface area contributed by atoms with Crippen LogP contribution in [-0.2, 0) is 19.4 Å². The number of ether oxygens (including phenoxy) is 3. The maximum atomic E-state index is 5.71. The van der Waals surface area contributed by atoms with Crippen molar-refractivity contribution in [1.82, 2.24) is 14.7 Å². The van der Waals surface area contributed by atoms with Crippen LogP contribution >= 0.6 is 0 Å². The predicted octanol–water partition coefficient (Wildman–Crippen LogP) is 5.66. The number of methoxy groups -OCH3 is 3. The number of unbranched alkanes of at least 4 members (excludes halogenated alkanes) is 3. The normalized spacial score (nSPS) is 18.2. The molecule has 2 aliphatic rings. The molecule has 0 N–H and O–H groups in total. The minimum atomic E-state index is 0.643.